The predicted molar refractivity (Wildman–Crippen MR) is 70.7 cm³/mol. The van der Waals surface area contributed by atoms with Crippen molar-refractivity contribution in [2.24, 2.45) is 5.92 Å². The normalized spacial score (nSPS) is 16.0. The van der Waals surface area contributed by atoms with Gasteiger partial charge in [-0.05, 0) is 0 Å². The third kappa shape index (κ3) is 5.16. The fraction of sp³-hybridized carbons (Fsp3) is 0.846. The molecule has 0 saturated carbocycles. The van der Waals surface area contributed by atoms with Crippen molar-refractivity contribution in [2.75, 3.05) is 53.1 Å². The highest BCUT2D eigenvalue weighted by Gasteiger charge is 2.25. The summed E-state index contributed by atoms with van der Waals surface area (Å²) >= 11 is 0. The Balaban J connectivity index is 2.25. The minimum Gasteiger partial charge on any atom is -0.382 e. The molecule has 0 aromatic carbocycles. The summed E-state index contributed by atoms with van der Waals surface area (Å²) in [7, 11) is 1.59. The van der Waals surface area contributed by atoms with E-state index in [1.807, 2.05) is 18.7 Å². The van der Waals surface area contributed by atoms with Crippen LogP contribution in [0.4, 0.5) is 0 Å². The van der Waals surface area contributed by atoms with E-state index in [4.69, 9.17) is 9.47 Å². The van der Waals surface area contributed by atoms with Crippen LogP contribution in [0.5, 0.6) is 0 Å². The number of ether oxygens (including phenoxy) is 2. The fourth-order valence-corrected chi connectivity index (χ4v) is 1.93. The topological polar surface area (TPSA) is 59.1 Å². The summed E-state index contributed by atoms with van der Waals surface area (Å²) < 4.78 is 10.0. The van der Waals surface area contributed by atoms with Crippen LogP contribution in [0.25, 0.3) is 0 Å². The third-order valence-electron chi connectivity index (χ3n) is 3.10. The Morgan fingerprint density at radius 2 is 1.63 bits per heavy atom. The summed E-state index contributed by atoms with van der Waals surface area (Å²) in [6.45, 7) is 7.18. The van der Waals surface area contributed by atoms with Crippen LogP contribution in [-0.2, 0) is 19.1 Å². The quantitative estimate of drug-likeness (QED) is 0.637. The fourth-order valence-electron chi connectivity index (χ4n) is 1.93. The molecule has 0 N–H and O–H groups in total. The largest absolute Gasteiger partial charge is 0.382 e. The highest BCUT2D eigenvalue weighted by Crippen LogP contribution is 2.07. The van der Waals surface area contributed by atoms with Gasteiger partial charge in [-0.2, -0.15) is 0 Å². The van der Waals surface area contributed by atoms with Crippen molar-refractivity contribution in [2.45, 2.75) is 13.8 Å². The Hall–Kier alpha value is -1.14. The molecule has 19 heavy (non-hydrogen) atoms. The number of carbonyl (C=O) groups is 2. The molecule has 0 aliphatic carbocycles. The number of nitrogens with zero attached hydrogens (tertiary/aromatic N) is 2. The maximum atomic E-state index is 11.8. The van der Waals surface area contributed by atoms with Crippen molar-refractivity contribution >= 4 is 11.8 Å². The first-order valence-electron chi connectivity index (χ1n) is 6.69. The first-order valence-corrected chi connectivity index (χ1v) is 6.69. The van der Waals surface area contributed by atoms with E-state index in [1.54, 1.807) is 12.0 Å². The van der Waals surface area contributed by atoms with E-state index in [-0.39, 0.29) is 24.3 Å². The molecular weight excluding hydrogens is 248 g/mol. The van der Waals surface area contributed by atoms with Gasteiger partial charge >= 0.3 is 0 Å². The average molecular weight is 272 g/mol. The van der Waals surface area contributed by atoms with E-state index in [9.17, 15) is 9.59 Å². The number of methoxy groups -OCH3 is 1. The van der Waals surface area contributed by atoms with Gasteiger partial charge in [-0.3, -0.25) is 9.59 Å². The Bertz CT molecular complexity index is 299. The lowest BCUT2D eigenvalue weighted by atomic mass is 10.1. The number of amides is 2. The first kappa shape index (κ1) is 15.9. The number of rotatable bonds is 6. The molecule has 1 rings (SSSR count). The lowest BCUT2D eigenvalue weighted by Gasteiger charge is -2.35. The van der Waals surface area contributed by atoms with Crippen molar-refractivity contribution in [3.8, 4) is 0 Å². The SMILES string of the molecule is COCCOCC(=O)N1CCN(C(=O)C(C)C)CC1. The molecule has 110 valence electrons. The summed E-state index contributed by atoms with van der Waals surface area (Å²) in [5.74, 6) is 0.149. The standard InChI is InChI=1S/C13H24N2O4/c1-11(2)13(17)15-6-4-14(5-7-15)12(16)10-19-9-8-18-3/h11H,4-10H2,1-3H3. The summed E-state index contributed by atoms with van der Waals surface area (Å²) in [4.78, 5) is 27.2. The van der Waals surface area contributed by atoms with E-state index in [1.165, 1.54) is 0 Å². The van der Waals surface area contributed by atoms with Gasteiger partial charge in [-0.15, -0.1) is 0 Å². The summed E-state index contributed by atoms with van der Waals surface area (Å²) in [6, 6.07) is 0. The van der Waals surface area contributed by atoms with Crippen LogP contribution in [0.15, 0.2) is 0 Å². The molecular formula is C13H24N2O4. The average Bonchev–Trinajstić information content (AvgIpc) is 2.42. The summed E-state index contributed by atoms with van der Waals surface area (Å²) in [5.41, 5.74) is 0. The molecule has 0 radical (unpaired) electrons. The second kappa shape index (κ2) is 8.12. The minimum atomic E-state index is -0.0206. The molecule has 6 heteroatoms. The molecule has 1 saturated heterocycles. The van der Waals surface area contributed by atoms with E-state index in [2.05, 4.69) is 0 Å². The molecule has 1 heterocycles. The van der Waals surface area contributed by atoms with E-state index >= 15 is 0 Å². The maximum Gasteiger partial charge on any atom is 0.248 e. The molecule has 0 atom stereocenters. The van der Waals surface area contributed by atoms with Gasteiger partial charge in [-0.25, -0.2) is 0 Å². The predicted octanol–water partition coefficient (Wildman–Crippen LogP) is -0.0238. The van der Waals surface area contributed by atoms with Crippen LogP contribution in [0.3, 0.4) is 0 Å². The van der Waals surface area contributed by atoms with Gasteiger partial charge in [0.25, 0.3) is 0 Å². The van der Waals surface area contributed by atoms with Gasteiger partial charge in [-0.1, -0.05) is 13.8 Å². The minimum absolute atomic E-state index is 0.0135. The maximum absolute atomic E-state index is 11.8. The zero-order chi connectivity index (χ0) is 14.3. The molecule has 1 aliphatic rings. The monoisotopic (exact) mass is 272 g/mol. The smallest absolute Gasteiger partial charge is 0.248 e. The molecule has 0 aromatic rings. The van der Waals surface area contributed by atoms with Crippen molar-refractivity contribution in [1.82, 2.24) is 9.80 Å². The van der Waals surface area contributed by atoms with Crippen LogP contribution in [0, 0.1) is 5.92 Å². The number of piperazine rings is 1. The number of carbonyl (C=O) groups excluding carboxylic acids is 2. The van der Waals surface area contributed by atoms with Gasteiger partial charge in [0.15, 0.2) is 0 Å². The molecule has 0 unspecified atom stereocenters. The Morgan fingerprint density at radius 3 is 2.16 bits per heavy atom. The highest BCUT2D eigenvalue weighted by atomic mass is 16.5. The van der Waals surface area contributed by atoms with Gasteiger partial charge < -0.3 is 19.3 Å². The van der Waals surface area contributed by atoms with Crippen molar-refractivity contribution in [3.05, 3.63) is 0 Å². The number of hydrogen-bond donors (Lipinski definition) is 0. The lowest BCUT2D eigenvalue weighted by Crippen LogP contribution is -2.52. The van der Waals surface area contributed by atoms with Gasteiger partial charge in [0.2, 0.25) is 11.8 Å². The zero-order valence-electron chi connectivity index (χ0n) is 12.1. The van der Waals surface area contributed by atoms with Crippen molar-refractivity contribution in [3.63, 3.8) is 0 Å². The molecule has 6 nitrogen and oxygen atoms in total. The number of hydrogen-bond acceptors (Lipinski definition) is 4. The Morgan fingerprint density at radius 1 is 1.05 bits per heavy atom. The third-order valence-corrected chi connectivity index (χ3v) is 3.10. The zero-order valence-corrected chi connectivity index (χ0v) is 12.1. The second-order valence-corrected chi connectivity index (χ2v) is 4.91. The van der Waals surface area contributed by atoms with Crippen LogP contribution >= 0.6 is 0 Å². The van der Waals surface area contributed by atoms with Crippen molar-refractivity contribution in [1.29, 1.82) is 0 Å². The van der Waals surface area contributed by atoms with Crippen LogP contribution in [0.2, 0.25) is 0 Å². The van der Waals surface area contributed by atoms with Crippen LogP contribution in [-0.4, -0.2) is 74.7 Å². The molecule has 2 amide bonds. The molecule has 1 aliphatic heterocycles. The lowest BCUT2D eigenvalue weighted by molar-refractivity contribution is -0.144. The Labute approximate surface area is 114 Å². The van der Waals surface area contributed by atoms with Crippen molar-refractivity contribution < 1.29 is 19.1 Å². The van der Waals surface area contributed by atoms with E-state index in [0.717, 1.165) is 0 Å². The molecule has 0 bridgehead atoms. The molecule has 1 fully saturated rings. The first-order chi connectivity index (χ1) is 9.06. The van der Waals surface area contributed by atoms with Gasteiger partial charge in [0.1, 0.15) is 6.61 Å². The summed E-state index contributed by atoms with van der Waals surface area (Å²) in [5, 5.41) is 0. The van der Waals surface area contributed by atoms with Crippen LogP contribution in [0.1, 0.15) is 13.8 Å². The van der Waals surface area contributed by atoms with Gasteiger partial charge in [0.05, 0.1) is 13.2 Å². The molecule has 0 aromatic heterocycles. The van der Waals surface area contributed by atoms with E-state index in [0.29, 0.717) is 39.4 Å². The molecule has 0 spiro atoms. The second-order valence-electron chi connectivity index (χ2n) is 4.91. The highest BCUT2D eigenvalue weighted by molar-refractivity contribution is 5.80. The Kier molecular flexibility index (Phi) is 6.80. The van der Waals surface area contributed by atoms with E-state index < -0.39 is 0 Å². The van der Waals surface area contributed by atoms with Crippen LogP contribution < -0.4 is 0 Å². The summed E-state index contributed by atoms with van der Waals surface area (Å²) in [6.07, 6.45) is 0. The van der Waals surface area contributed by atoms with Gasteiger partial charge in [0, 0.05) is 39.2 Å².